The zero-order valence-electron chi connectivity index (χ0n) is 18.7. The van der Waals surface area contributed by atoms with Crippen LogP contribution in [0.25, 0.3) is 11.3 Å². The molecule has 32 heavy (non-hydrogen) atoms. The molecule has 174 valence electrons. The Kier molecular flexibility index (Phi) is 5.05. The van der Waals surface area contributed by atoms with Crippen LogP contribution in [0.2, 0.25) is 0 Å². The third-order valence-corrected chi connectivity index (χ3v) is 7.76. The van der Waals surface area contributed by atoms with Crippen LogP contribution in [0.15, 0.2) is 18.3 Å². The number of aromatic nitrogens is 3. The van der Waals surface area contributed by atoms with Crippen LogP contribution in [-0.4, -0.2) is 52.0 Å². The molecule has 3 aliphatic rings. The molecule has 4 atom stereocenters. The van der Waals surface area contributed by atoms with Crippen LogP contribution in [0.3, 0.4) is 0 Å². The largest absolute Gasteiger partial charge is 0.419 e. The van der Waals surface area contributed by atoms with E-state index in [0.717, 1.165) is 31.5 Å². The van der Waals surface area contributed by atoms with Gasteiger partial charge in [0.15, 0.2) is 0 Å². The molecule has 2 unspecified atom stereocenters. The molecule has 3 heterocycles. The number of ether oxygens (including phenoxy) is 1. The Balaban J connectivity index is 1.39. The minimum Gasteiger partial charge on any atom is -0.383 e. The minimum atomic E-state index is -4.55. The fraction of sp³-hybridized carbons (Fsp3) is 0.652. The van der Waals surface area contributed by atoms with Gasteiger partial charge in [0.2, 0.25) is 0 Å². The Bertz CT molecular complexity index is 1010. The Labute approximate surface area is 185 Å². The lowest BCUT2D eigenvalue weighted by Crippen LogP contribution is -2.59. The molecular weight excluding hydrogens is 419 g/mol. The maximum Gasteiger partial charge on any atom is 0.419 e. The van der Waals surface area contributed by atoms with Crippen molar-refractivity contribution in [2.24, 2.45) is 11.8 Å². The minimum absolute atomic E-state index is 0.125. The molecule has 2 N–H and O–H groups in total. The molecule has 2 saturated carbocycles. The number of anilines is 1. The number of fused-ring (bicyclic) bond motifs is 1. The summed E-state index contributed by atoms with van der Waals surface area (Å²) in [7, 11) is 1.74. The van der Waals surface area contributed by atoms with E-state index in [4.69, 9.17) is 10.5 Å². The summed E-state index contributed by atoms with van der Waals surface area (Å²) < 4.78 is 47.2. The first-order valence-electron chi connectivity index (χ1n) is 11.3. The van der Waals surface area contributed by atoms with E-state index in [2.05, 4.69) is 28.8 Å². The number of likely N-dealkylation sites (tertiary alicyclic amines) is 1. The highest BCUT2D eigenvalue weighted by Crippen LogP contribution is 2.69. The molecule has 2 aromatic heterocycles. The Hall–Kier alpha value is -2.13. The highest BCUT2D eigenvalue weighted by molar-refractivity contribution is 5.63. The van der Waals surface area contributed by atoms with E-state index in [9.17, 15) is 13.2 Å². The standard InChI is InChI=1S/C23H30F3N5O/c1-13(2)31-19(9-18(29-31)14-8-17(23(24,25)26)21(27)28-12-14)20-15-10-22(11-16(15)20)4-5-30(22)6-7-32-3/h8-9,12-13,15-16,20H,4-7,10-11H2,1-3H3,(H2,27,28)/t15-,16+,20?,22?. The number of hydrogen-bond donors (Lipinski definition) is 1. The number of methoxy groups -OCH3 is 1. The lowest BCUT2D eigenvalue weighted by atomic mass is 9.78. The number of nitrogen functional groups attached to an aromatic ring is 1. The summed E-state index contributed by atoms with van der Waals surface area (Å²) in [4.78, 5) is 6.36. The monoisotopic (exact) mass is 449 g/mol. The summed E-state index contributed by atoms with van der Waals surface area (Å²) in [5.74, 6) is 1.17. The van der Waals surface area contributed by atoms with Gasteiger partial charge in [-0.2, -0.15) is 18.3 Å². The Morgan fingerprint density at radius 2 is 1.97 bits per heavy atom. The van der Waals surface area contributed by atoms with Crippen LogP contribution in [0, 0.1) is 11.8 Å². The summed E-state index contributed by atoms with van der Waals surface area (Å²) in [5, 5.41) is 4.69. The van der Waals surface area contributed by atoms with E-state index in [1.807, 2.05) is 10.7 Å². The Morgan fingerprint density at radius 3 is 2.53 bits per heavy atom. The lowest BCUT2D eigenvalue weighted by molar-refractivity contribution is -0.137. The van der Waals surface area contributed by atoms with Gasteiger partial charge < -0.3 is 10.5 Å². The van der Waals surface area contributed by atoms with E-state index < -0.39 is 17.6 Å². The fourth-order valence-corrected chi connectivity index (χ4v) is 6.06. The van der Waals surface area contributed by atoms with Gasteiger partial charge >= 0.3 is 6.18 Å². The number of hydrogen-bond acceptors (Lipinski definition) is 5. The molecule has 0 radical (unpaired) electrons. The maximum absolute atomic E-state index is 13.3. The van der Waals surface area contributed by atoms with Gasteiger partial charge in [-0.05, 0) is 57.1 Å². The smallest absolute Gasteiger partial charge is 0.383 e. The van der Waals surface area contributed by atoms with E-state index in [1.165, 1.54) is 25.5 Å². The van der Waals surface area contributed by atoms with E-state index in [1.54, 1.807) is 7.11 Å². The van der Waals surface area contributed by atoms with Crippen molar-refractivity contribution in [1.29, 1.82) is 0 Å². The van der Waals surface area contributed by atoms with Crippen molar-refractivity contribution in [3.05, 3.63) is 29.6 Å². The zero-order valence-corrected chi connectivity index (χ0v) is 18.7. The molecule has 3 fully saturated rings. The first kappa shape index (κ1) is 21.7. The van der Waals surface area contributed by atoms with Gasteiger partial charge in [-0.3, -0.25) is 9.58 Å². The first-order chi connectivity index (χ1) is 15.1. The first-order valence-corrected chi connectivity index (χ1v) is 11.3. The second-order valence-corrected chi connectivity index (χ2v) is 9.86. The normalized spacial score (nSPS) is 29.5. The molecule has 1 spiro atoms. The van der Waals surface area contributed by atoms with Crippen molar-refractivity contribution in [3.63, 3.8) is 0 Å². The molecule has 1 saturated heterocycles. The summed E-state index contributed by atoms with van der Waals surface area (Å²) in [6, 6.07) is 3.15. The van der Waals surface area contributed by atoms with Crippen molar-refractivity contribution in [3.8, 4) is 11.3 Å². The number of alkyl halides is 3. The van der Waals surface area contributed by atoms with Crippen LogP contribution in [0.1, 0.15) is 56.3 Å². The summed E-state index contributed by atoms with van der Waals surface area (Å²) in [6.45, 7) is 7.01. The summed E-state index contributed by atoms with van der Waals surface area (Å²) in [5.41, 5.74) is 6.89. The molecule has 0 aromatic carbocycles. The van der Waals surface area contributed by atoms with Gasteiger partial charge in [0.25, 0.3) is 0 Å². The average Bonchev–Trinajstić information content (AvgIpc) is 3.08. The van der Waals surface area contributed by atoms with Gasteiger partial charge in [0.05, 0.1) is 17.9 Å². The van der Waals surface area contributed by atoms with Gasteiger partial charge in [0.1, 0.15) is 5.82 Å². The van der Waals surface area contributed by atoms with Crippen LogP contribution < -0.4 is 5.73 Å². The second kappa shape index (κ2) is 7.45. The van der Waals surface area contributed by atoms with Crippen molar-refractivity contribution >= 4 is 5.82 Å². The van der Waals surface area contributed by atoms with Crippen LogP contribution >= 0.6 is 0 Å². The Morgan fingerprint density at radius 1 is 1.25 bits per heavy atom. The SMILES string of the molecule is COCCN1CCC12C[C@@H]1C(c3cc(-c4cnc(N)c(C(F)(F)F)c4)nn3C(C)C)[C@@H]1C2. The molecular formula is C23H30F3N5O. The van der Waals surface area contributed by atoms with Crippen molar-refractivity contribution < 1.29 is 17.9 Å². The molecule has 9 heteroatoms. The quantitative estimate of drug-likeness (QED) is 0.711. The van der Waals surface area contributed by atoms with Gasteiger partial charge in [-0.25, -0.2) is 4.98 Å². The molecule has 2 aromatic rings. The lowest BCUT2D eigenvalue weighted by Gasteiger charge is -2.52. The number of halogens is 3. The topological polar surface area (TPSA) is 69.2 Å². The van der Waals surface area contributed by atoms with Gasteiger partial charge in [-0.1, -0.05) is 0 Å². The highest BCUT2D eigenvalue weighted by Gasteiger charge is 2.66. The van der Waals surface area contributed by atoms with E-state index >= 15 is 0 Å². The highest BCUT2D eigenvalue weighted by atomic mass is 19.4. The zero-order chi connectivity index (χ0) is 22.8. The van der Waals surface area contributed by atoms with Crippen molar-refractivity contribution in [1.82, 2.24) is 19.7 Å². The molecule has 2 aliphatic carbocycles. The fourth-order valence-electron chi connectivity index (χ4n) is 6.06. The second-order valence-electron chi connectivity index (χ2n) is 9.86. The molecule has 6 nitrogen and oxygen atoms in total. The van der Waals surface area contributed by atoms with Gasteiger partial charge in [-0.15, -0.1) is 0 Å². The number of rotatable bonds is 6. The van der Waals surface area contributed by atoms with Crippen LogP contribution in [-0.2, 0) is 10.9 Å². The number of pyridine rings is 1. The van der Waals surface area contributed by atoms with Crippen molar-refractivity contribution in [2.75, 3.05) is 32.5 Å². The van der Waals surface area contributed by atoms with Crippen molar-refractivity contribution in [2.45, 2.75) is 56.8 Å². The third kappa shape index (κ3) is 3.41. The molecule has 0 bridgehead atoms. The predicted molar refractivity (Wildman–Crippen MR) is 115 cm³/mol. The summed E-state index contributed by atoms with van der Waals surface area (Å²) >= 11 is 0. The van der Waals surface area contributed by atoms with Crippen LogP contribution in [0.5, 0.6) is 0 Å². The molecule has 0 amide bonds. The van der Waals surface area contributed by atoms with Crippen LogP contribution in [0.4, 0.5) is 19.0 Å². The van der Waals surface area contributed by atoms with Gasteiger partial charge in [0, 0.05) is 55.2 Å². The number of nitrogens with zero attached hydrogens (tertiary/aromatic N) is 4. The van der Waals surface area contributed by atoms with E-state index in [-0.39, 0.29) is 6.04 Å². The molecule has 5 rings (SSSR count). The third-order valence-electron chi connectivity index (χ3n) is 7.76. The van der Waals surface area contributed by atoms with E-state index in [0.29, 0.717) is 34.6 Å². The maximum atomic E-state index is 13.3. The summed E-state index contributed by atoms with van der Waals surface area (Å²) in [6.07, 6.45) is 0.461. The number of nitrogens with two attached hydrogens (primary N) is 1. The predicted octanol–water partition coefficient (Wildman–Crippen LogP) is 4.34. The molecule has 1 aliphatic heterocycles. The average molecular weight is 450 g/mol.